The maximum atomic E-state index is 12.1. The average molecular weight is 335 g/mol. The number of thiophene rings is 1. The van der Waals surface area contributed by atoms with Crippen molar-refractivity contribution in [1.29, 1.82) is 5.26 Å². The van der Waals surface area contributed by atoms with E-state index in [4.69, 9.17) is 16.9 Å². The molecule has 0 radical (unpaired) electrons. The number of hydrogen-bond acceptors (Lipinski definition) is 3. The Labute approximate surface area is 138 Å². The summed E-state index contributed by atoms with van der Waals surface area (Å²) in [5, 5.41) is 14.0. The Hall–Kier alpha value is -1.87. The quantitative estimate of drug-likeness (QED) is 0.881. The Morgan fingerprint density at radius 1 is 1.45 bits per heavy atom. The molecular weight excluding hydrogens is 318 g/mol. The van der Waals surface area contributed by atoms with Gasteiger partial charge < -0.3 is 10.2 Å². The largest absolute Gasteiger partial charge is 0.325 e. The van der Waals surface area contributed by atoms with Gasteiger partial charge in [0.2, 0.25) is 0 Å². The van der Waals surface area contributed by atoms with Crippen LogP contribution in [0.15, 0.2) is 29.6 Å². The van der Waals surface area contributed by atoms with Gasteiger partial charge in [-0.05, 0) is 42.1 Å². The van der Waals surface area contributed by atoms with Gasteiger partial charge in [0, 0.05) is 5.69 Å². The molecule has 114 valence electrons. The maximum absolute atomic E-state index is 12.1. The summed E-state index contributed by atoms with van der Waals surface area (Å²) in [6.45, 7) is 3.28. The molecule has 2 N–H and O–H groups in total. The maximum Gasteiger partial charge on any atom is 0.279 e. The molecule has 1 amide bonds. The van der Waals surface area contributed by atoms with Crippen LogP contribution < -0.4 is 10.2 Å². The van der Waals surface area contributed by atoms with E-state index in [1.165, 1.54) is 10.4 Å². The number of carbonyl (C=O) groups excluding carboxylic acids is 1. The third-order valence-electron chi connectivity index (χ3n) is 3.27. The highest BCUT2D eigenvalue weighted by molar-refractivity contribution is 7.10. The summed E-state index contributed by atoms with van der Waals surface area (Å²) in [6, 6.07) is 8.96. The zero-order valence-corrected chi connectivity index (χ0v) is 14.0. The van der Waals surface area contributed by atoms with Crippen LogP contribution in [-0.4, -0.2) is 19.5 Å². The number of carbonyl (C=O) groups is 1. The predicted molar refractivity (Wildman–Crippen MR) is 89.3 cm³/mol. The van der Waals surface area contributed by atoms with Gasteiger partial charge in [0.1, 0.15) is 12.6 Å². The number of aryl methyl sites for hydroxylation is 1. The molecule has 4 nitrogen and oxygen atoms in total. The number of nitriles is 1. The number of amides is 1. The first-order valence-electron chi connectivity index (χ1n) is 6.83. The molecule has 0 spiro atoms. The highest BCUT2D eigenvalue weighted by atomic mass is 35.5. The lowest BCUT2D eigenvalue weighted by Gasteiger charge is -2.13. The summed E-state index contributed by atoms with van der Waals surface area (Å²) in [5.41, 5.74) is 2.27. The van der Waals surface area contributed by atoms with E-state index in [2.05, 4.69) is 23.7 Å². The molecule has 1 atom stereocenters. The SMILES string of the molecule is Cc1ccsc1C[NH+](C)CC(=O)Nc1ccc(C#N)c(Cl)c1. The predicted octanol–water partition coefficient (Wildman–Crippen LogP) is 2.23. The lowest BCUT2D eigenvalue weighted by Crippen LogP contribution is -3.08. The molecule has 22 heavy (non-hydrogen) atoms. The van der Waals surface area contributed by atoms with Crippen LogP contribution in [0.4, 0.5) is 5.69 Å². The topological polar surface area (TPSA) is 57.3 Å². The number of quaternary nitrogens is 1. The van der Waals surface area contributed by atoms with Crippen molar-refractivity contribution in [3.05, 3.63) is 50.7 Å². The molecule has 2 rings (SSSR count). The van der Waals surface area contributed by atoms with Crippen LogP contribution in [0, 0.1) is 18.3 Å². The fourth-order valence-corrected chi connectivity index (χ4v) is 3.33. The molecule has 0 saturated carbocycles. The monoisotopic (exact) mass is 334 g/mol. The summed E-state index contributed by atoms with van der Waals surface area (Å²) in [6.07, 6.45) is 0. The van der Waals surface area contributed by atoms with Gasteiger partial charge in [0.05, 0.1) is 22.5 Å². The van der Waals surface area contributed by atoms with Gasteiger partial charge in [-0.15, -0.1) is 11.3 Å². The van der Waals surface area contributed by atoms with Crippen molar-refractivity contribution in [1.82, 2.24) is 0 Å². The van der Waals surface area contributed by atoms with E-state index in [0.29, 0.717) is 22.8 Å². The standard InChI is InChI=1S/C16H16ClN3OS/c1-11-5-6-22-15(11)9-20(2)10-16(21)19-13-4-3-12(8-18)14(17)7-13/h3-7H,9-10H2,1-2H3,(H,19,21)/p+1. The first-order chi connectivity index (χ1) is 10.5. The molecular formula is C16H17ClN3OS+. The summed E-state index contributed by atoms with van der Waals surface area (Å²) in [7, 11) is 1.99. The number of halogens is 1. The molecule has 0 saturated heterocycles. The molecule has 0 aliphatic heterocycles. The molecule has 0 aliphatic rings. The van der Waals surface area contributed by atoms with Crippen molar-refractivity contribution in [2.24, 2.45) is 0 Å². The van der Waals surface area contributed by atoms with E-state index in [0.717, 1.165) is 11.4 Å². The van der Waals surface area contributed by atoms with Crippen molar-refractivity contribution in [2.75, 3.05) is 18.9 Å². The second kappa shape index (κ2) is 7.41. The zero-order valence-electron chi connectivity index (χ0n) is 12.4. The molecule has 0 bridgehead atoms. The number of nitrogens with zero attached hydrogens (tertiary/aromatic N) is 1. The Bertz CT molecular complexity index is 720. The molecule has 6 heteroatoms. The van der Waals surface area contributed by atoms with Crippen LogP contribution in [0.1, 0.15) is 16.0 Å². The van der Waals surface area contributed by atoms with Gasteiger partial charge in [-0.1, -0.05) is 11.6 Å². The Morgan fingerprint density at radius 3 is 2.82 bits per heavy atom. The number of hydrogen-bond donors (Lipinski definition) is 2. The summed E-state index contributed by atoms with van der Waals surface area (Å²) < 4.78 is 0. The van der Waals surface area contributed by atoms with E-state index in [1.807, 2.05) is 13.1 Å². The van der Waals surface area contributed by atoms with Crippen molar-refractivity contribution < 1.29 is 9.69 Å². The molecule has 2 aromatic rings. The molecule has 0 aliphatic carbocycles. The molecule has 1 unspecified atom stereocenters. The lowest BCUT2D eigenvalue weighted by atomic mass is 10.2. The van der Waals surface area contributed by atoms with Gasteiger partial charge in [-0.25, -0.2) is 0 Å². The first kappa shape index (κ1) is 16.5. The van der Waals surface area contributed by atoms with Crippen molar-refractivity contribution >= 4 is 34.5 Å². The highest BCUT2D eigenvalue weighted by Gasteiger charge is 2.13. The first-order valence-corrected chi connectivity index (χ1v) is 8.09. The van der Waals surface area contributed by atoms with Crippen molar-refractivity contribution in [2.45, 2.75) is 13.5 Å². The average Bonchev–Trinajstić information content (AvgIpc) is 2.84. The third kappa shape index (κ3) is 4.31. The molecule has 0 fully saturated rings. The number of benzene rings is 1. The van der Waals surface area contributed by atoms with Gasteiger partial charge in [-0.2, -0.15) is 5.26 Å². The Morgan fingerprint density at radius 2 is 2.23 bits per heavy atom. The number of rotatable bonds is 5. The minimum atomic E-state index is -0.0764. The van der Waals surface area contributed by atoms with E-state index in [9.17, 15) is 4.79 Å². The summed E-state index contributed by atoms with van der Waals surface area (Å²) >= 11 is 7.67. The highest BCUT2D eigenvalue weighted by Crippen LogP contribution is 2.20. The van der Waals surface area contributed by atoms with Gasteiger partial charge in [0.15, 0.2) is 6.54 Å². The fraction of sp³-hybridized carbons (Fsp3) is 0.250. The van der Waals surface area contributed by atoms with E-state index >= 15 is 0 Å². The minimum absolute atomic E-state index is 0.0764. The van der Waals surface area contributed by atoms with Crippen LogP contribution in [0.3, 0.4) is 0 Å². The number of anilines is 1. The lowest BCUT2D eigenvalue weighted by molar-refractivity contribution is -0.884. The summed E-state index contributed by atoms with van der Waals surface area (Å²) in [4.78, 5) is 14.5. The zero-order chi connectivity index (χ0) is 16.1. The Balaban J connectivity index is 1.91. The fourth-order valence-electron chi connectivity index (χ4n) is 2.08. The molecule has 1 heterocycles. The van der Waals surface area contributed by atoms with Gasteiger partial charge >= 0.3 is 0 Å². The van der Waals surface area contributed by atoms with Crippen molar-refractivity contribution in [3.8, 4) is 6.07 Å². The van der Waals surface area contributed by atoms with E-state index in [1.54, 1.807) is 29.5 Å². The Kier molecular flexibility index (Phi) is 5.56. The molecule has 1 aromatic carbocycles. The normalized spacial score (nSPS) is 11.7. The number of nitrogens with one attached hydrogen (secondary N) is 2. The van der Waals surface area contributed by atoms with Crippen LogP contribution in [0.5, 0.6) is 0 Å². The van der Waals surface area contributed by atoms with E-state index < -0.39 is 0 Å². The second-order valence-corrected chi connectivity index (χ2v) is 6.60. The van der Waals surface area contributed by atoms with Crippen LogP contribution in [0.25, 0.3) is 0 Å². The second-order valence-electron chi connectivity index (χ2n) is 5.19. The number of likely N-dealkylation sites (N-methyl/N-ethyl adjacent to an activating group) is 1. The summed E-state index contributed by atoms with van der Waals surface area (Å²) in [5.74, 6) is -0.0764. The van der Waals surface area contributed by atoms with Crippen LogP contribution >= 0.6 is 22.9 Å². The third-order valence-corrected chi connectivity index (χ3v) is 4.60. The van der Waals surface area contributed by atoms with Gasteiger partial charge in [-0.3, -0.25) is 4.79 Å². The van der Waals surface area contributed by atoms with Gasteiger partial charge in [0.25, 0.3) is 5.91 Å². The molecule has 1 aromatic heterocycles. The smallest absolute Gasteiger partial charge is 0.279 e. The van der Waals surface area contributed by atoms with Crippen LogP contribution in [0.2, 0.25) is 5.02 Å². The van der Waals surface area contributed by atoms with Crippen molar-refractivity contribution in [3.63, 3.8) is 0 Å². The minimum Gasteiger partial charge on any atom is -0.325 e. The van der Waals surface area contributed by atoms with E-state index in [-0.39, 0.29) is 5.91 Å². The van der Waals surface area contributed by atoms with Crippen LogP contribution in [-0.2, 0) is 11.3 Å².